The second-order valence-electron chi connectivity index (χ2n) is 8.29. The highest BCUT2D eigenvalue weighted by Crippen LogP contribution is 2.55. The van der Waals surface area contributed by atoms with Crippen molar-refractivity contribution in [3.63, 3.8) is 0 Å². The summed E-state index contributed by atoms with van der Waals surface area (Å²) in [7, 11) is 0. The highest BCUT2D eigenvalue weighted by atomic mass is 19.3. The molecule has 4 rings (SSSR count). The van der Waals surface area contributed by atoms with Gasteiger partial charge in [0.15, 0.2) is 5.60 Å². The highest BCUT2D eigenvalue weighted by Gasteiger charge is 2.59. The van der Waals surface area contributed by atoms with E-state index < -0.39 is 35.8 Å². The van der Waals surface area contributed by atoms with Crippen molar-refractivity contribution < 1.29 is 41.7 Å². The Balaban J connectivity index is 1.65. The fourth-order valence-electron chi connectivity index (χ4n) is 4.52. The lowest BCUT2D eigenvalue weighted by molar-refractivity contribution is -0.349. The number of aliphatic hydroxyl groups is 1. The van der Waals surface area contributed by atoms with Gasteiger partial charge >= 0.3 is 18.0 Å². The zero-order valence-corrected chi connectivity index (χ0v) is 14.6. The molecule has 148 valence electrons. The van der Waals surface area contributed by atoms with E-state index >= 15 is 0 Å². The van der Waals surface area contributed by atoms with Crippen LogP contribution in [0.3, 0.4) is 0 Å². The van der Waals surface area contributed by atoms with Crippen LogP contribution < -0.4 is 0 Å². The highest BCUT2D eigenvalue weighted by molar-refractivity contribution is 5.86. The van der Waals surface area contributed by atoms with Crippen LogP contribution in [0.15, 0.2) is 0 Å². The predicted molar refractivity (Wildman–Crippen MR) is 79.5 cm³/mol. The maximum absolute atomic E-state index is 13.2. The molecular formula is C17H22F4O5. The number of carbonyl (C=O) groups excluding carboxylic acids is 2. The Hall–Kier alpha value is -1.22. The number of carbonyl (C=O) groups is 2. The number of Topliss-reactive ketones (excluding diaryl/α,β-unsaturated/α-hetero) is 1. The van der Waals surface area contributed by atoms with Crippen LogP contribution >= 0.6 is 0 Å². The molecule has 4 aliphatic rings. The van der Waals surface area contributed by atoms with E-state index in [1.807, 2.05) is 0 Å². The summed E-state index contributed by atoms with van der Waals surface area (Å²) < 4.78 is 61.3. The van der Waals surface area contributed by atoms with Gasteiger partial charge in [-0.2, -0.15) is 17.6 Å². The molecule has 0 aromatic carbocycles. The minimum absolute atomic E-state index is 0.0213. The molecule has 5 nitrogen and oxygen atoms in total. The number of alkyl halides is 4. The first-order chi connectivity index (χ1) is 11.7. The lowest BCUT2D eigenvalue weighted by atomic mass is 9.53. The van der Waals surface area contributed by atoms with Crippen LogP contribution in [0.5, 0.6) is 0 Å². The zero-order valence-electron chi connectivity index (χ0n) is 14.6. The van der Waals surface area contributed by atoms with Crippen LogP contribution in [0.1, 0.15) is 46.0 Å². The van der Waals surface area contributed by atoms with Gasteiger partial charge in [0.25, 0.3) is 0 Å². The number of esters is 1. The minimum atomic E-state index is -4.83. The third-order valence-corrected chi connectivity index (χ3v) is 5.73. The summed E-state index contributed by atoms with van der Waals surface area (Å²) in [6.07, 6.45) is -2.06. The molecule has 0 radical (unpaired) electrons. The molecule has 26 heavy (non-hydrogen) atoms. The monoisotopic (exact) mass is 382 g/mol. The number of hydrogen-bond donors (Lipinski definition) is 1. The number of ether oxygens (including phenoxy) is 2. The Morgan fingerprint density at radius 1 is 1.15 bits per heavy atom. The Morgan fingerprint density at radius 2 is 1.69 bits per heavy atom. The maximum Gasteiger partial charge on any atom is 0.419 e. The lowest BCUT2D eigenvalue weighted by Crippen LogP contribution is -2.59. The Bertz CT molecular complexity index is 595. The first kappa shape index (κ1) is 19.5. The average Bonchev–Trinajstić information content (AvgIpc) is 2.48. The summed E-state index contributed by atoms with van der Waals surface area (Å²) >= 11 is 0. The smallest absolute Gasteiger partial charge is 0.419 e. The first-order valence-corrected chi connectivity index (χ1v) is 8.64. The predicted octanol–water partition coefficient (Wildman–Crippen LogP) is 2.69. The van der Waals surface area contributed by atoms with E-state index in [-0.39, 0.29) is 30.5 Å². The van der Waals surface area contributed by atoms with E-state index in [9.17, 15) is 32.3 Å². The molecule has 3 atom stereocenters. The Kier molecular flexibility index (Phi) is 4.42. The van der Waals surface area contributed by atoms with E-state index in [0.717, 1.165) is 19.8 Å². The average molecular weight is 382 g/mol. The van der Waals surface area contributed by atoms with Gasteiger partial charge in [-0.25, -0.2) is 4.79 Å². The molecule has 0 heterocycles. The summed E-state index contributed by atoms with van der Waals surface area (Å²) in [5.74, 6) is -5.61. The summed E-state index contributed by atoms with van der Waals surface area (Å²) in [4.78, 5) is 24.5. The molecule has 4 saturated carbocycles. The summed E-state index contributed by atoms with van der Waals surface area (Å²) in [5.41, 5.74) is -3.41. The van der Waals surface area contributed by atoms with Crippen molar-refractivity contribution in [2.45, 2.75) is 69.2 Å². The largest absolute Gasteiger partial charge is 0.457 e. The molecule has 0 spiro atoms. The van der Waals surface area contributed by atoms with Gasteiger partial charge in [-0.3, -0.25) is 4.79 Å². The van der Waals surface area contributed by atoms with Crippen molar-refractivity contribution in [3.05, 3.63) is 0 Å². The molecule has 0 aromatic heterocycles. The molecule has 4 fully saturated rings. The normalized spacial score (nSPS) is 36.1. The van der Waals surface area contributed by atoms with Gasteiger partial charge in [0, 0.05) is 18.8 Å². The first-order valence-electron chi connectivity index (χ1n) is 8.64. The summed E-state index contributed by atoms with van der Waals surface area (Å²) in [6, 6.07) is 0. The minimum Gasteiger partial charge on any atom is -0.457 e. The molecule has 0 saturated heterocycles. The molecule has 0 aliphatic heterocycles. The number of halogens is 4. The summed E-state index contributed by atoms with van der Waals surface area (Å²) in [6.45, 7) is -0.481. The topological polar surface area (TPSA) is 72.8 Å². The molecule has 0 amide bonds. The fraction of sp³-hybridized carbons (Fsp3) is 0.882. The molecule has 0 aromatic rings. The molecule has 4 bridgehead atoms. The number of ketones is 1. The van der Waals surface area contributed by atoms with E-state index in [1.165, 1.54) is 0 Å². The van der Waals surface area contributed by atoms with Crippen molar-refractivity contribution in [2.75, 3.05) is 6.61 Å². The van der Waals surface area contributed by atoms with Crippen molar-refractivity contribution >= 4 is 11.8 Å². The van der Waals surface area contributed by atoms with Gasteiger partial charge in [-0.15, -0.1) is 0 Å². The van der Waals surface area contributed by atoms with Crippen molar-refractivity contribution in [1.82, 2.24) is 0 Å². The van der Waals surface area contributed by atoms with Crippen LogP contribution in [0, 0.1) is 17.8 Å². The van der Waals surface area contributed by atoms with E-state index in [0.29, 0.717) is 19.3 Å². The van der Waals surface area contributed by atoms with E-state index in [1.54, 1.807) is 0 Å². The third-order valence-electron chi connectivity index (χ3n) is 5.73. The SMILES string of the molecule is CC(O)(COC(F)(F)C(C)(F)F)C(=O)OC12CC3CC(C1)C(=O)C(C3)C2. The van der Waals surface area contributed by atoms with E-state index in [4.69, 9.17) is 4.74 Å². The summed E-state index contributed by atoms with van der Waals surface area (Å²) in [5, 5.41) is 10.1. The van der Waals surface area contributed by atoms with Gasteiger partial charge in [0.05, 0.1) is 6.61 Å². The molecular weight excluding hydrogens is 360 g/mol. The van der Waals surface area contributed by atoms with Crippen molar-refractivity contribution in [1.29, 1.82) is 0 Å². The van der Waals surface area contributed by atoms with Crippen LogP contribution in [0.25, 0.3) is 0 Å². The second-order valence-corrected chi connectivity index (χ2v) is 8.29. The molecule has 3 unspecified atom stereocenters. The second kappa shape index (κ2) is 5.89. The van der Waals surface area contributed by atoms with Gasteiger partial charge in [-0.1, -0.05) is 0 Å². The zero-order chi connectivity index (χ0) is 19.5. The van der Waals surface area contributed by atoms with Gasteiger partial charge in [0.1, 0.15) is 11.4 Å². The van der Waals surface area contributed by atoms with Gasteiger partial charge in [-0.05, 0) is 44.9 Å². The third kappa shape index (κ3) is 3.35. The Labute approximate surface area is 148 Å². The molecule has 4 aliphatic carbocycles. The van der Waals surface area contributed by atoms with Gasteiger partial charge in [0.2, 0.25) is 0 Å². The fourth-order valence-corrected chi connectivity index (χ4v) is 4.52. The standard InChI is InChI=1S/C17H22F4O5/c1-14(24,8-25-17(20,21)15(2,18)19)13(23)26-16-5-9-3-10(6-16)12(22)11(4-9)7-16/h9-11,24H,3-8H2,1-2H3. The van der Waals surface area contributed by atoms with Crippen LogP contribution in [-0.2, 0) is 19.1 Å². The van der Waals surface area contributed by atoms with Crippen LogP contribution in [0.4, 0.5) is 17.6 Å². The van der Waals surface area contributed by atoms with Crippen LogP contribution in [-0.4, -0.2) is 46.7 Å². The number of hydrogen-bond acceptors (Lipinski definition) is 5. The Morgan fingerprint density at radius 3 is 2.19 bits per heavy atom. The maximum atomic E-state index is 13.2. The quantitative estimate of drug-likeness (QED) is 0.565. The van der Waals surface area contributed by atoms with Crippen LogP contribution in [0.2, 0.25) is 0 Å². The lowest BCUT2D eigenvalue weighted by Gasteiger charge is -2.54. The van der Waals surface area contributed by atoms with E-state index in [2.05, 4.69) is 4.74 Å². The number of rotatable bonds is 6. The molecule has 1 N–H and O–H groups in total. The van der Waals surface area contributed by atoms with Gasteiger partial charge < -0.3 is 14.6 Å². The molecule has 9 heteroatoms. The van der Waals surface area contributed by atoms with Crippen molar-refractivity contribution in [2.24, 2.45) is 17.8 Å². The van der Waals surface area contributed by atoms with Crippen molar-refractivity contribution in [3.8, 4) is 0 Å².